The molecule has 0 saturated carbocycles. The van der Waals surface area contributed by atoms with Gasteiger partial charge in [0, 0.05) is 18.6 Å². The minimum absolute atomic E-state index is 0.0440. The van der Waals surface area contributed by atoms with Gasteiger partial charge in [0.2, 0.25) is 0 Å². The molecule has 0 spiro atoms. The lowest BCUT2D eigenvalue weighted by Crippen LogP contribution is -2.36. The van der Waals surface area contributed by atoms with Gasteiger partial charge in [0.1, 0.15) is 12.2 Å². The molecule has 1 heterocycles. The Hall–Kier alpha value is -3.46. The summed E-state index contributed by atoms with van der Waals surface area (Å²) in [5.41, 5.74) is -3.79. The first-order valence-electron chi connectivity index (χ1n) is 11.5. The summed E-state index contributed by atoms with van der Waals surface area (Å²) in [4.78, 5) is 17.1. The number of halogens is 9. The van der Waals surface area contributed by atoms with Crippen LogP contribution in [-0.4, -0.2) is 32.1 Å². The standard InChI is InChI=1S/C25H22F9NO5/c1-37-20-11-14(10-18(25(32,33)34)22(36)35-40-21-4-2-3-9-38-21)5-8-19(20)39-13-15-6-7-16(23(26,27)28)12-17(15)24(29,30)31/h5-8,10-12,21H,2-4,9,13H2,1H3,(H,35,36)/b18-10-. The van der Waals surface area contributed by atoms with Gasteiger partial charge in [0.25, 0.3) is 5.91 Å². The van der Waals surface area contributed by atoms with Gasteiger partial charge in [-0.3, -0.25) is 4.79 Å². The molecule has 15 heteroatoms. The number of nitrogens with one attached hydrogen (secondary N) is 1. The Labute approximate surface area is 221 Å². The van der Waals surface area contributed by atoms with Crippen LogP contribution in [0.2, 0.25) is 0 Å². The normalized spacial score (nSPS) is 16.9. The molecular weight excluding hydrogens is 565 g/mol. The molecule has 1 atom stereocenters. The maximum atomic E-state index is 13.6. The van der Waals surface area contributed by atoms with Crippen molar-refractivity contribution < 1.29 is 63.4 Å². The number of hydroxylamine groups is 1. The maximum absolute atomic E-state index is 13.6. The van der Waals surface area contributed by atoms with E-state index in [1.165, 1.54) is 0 Å². The van der Waals surface area contributed by atoms with Crippen LogP contribution in [0.4, 0.5) is 39.5 Å². The van der Waals surface area contributed by atoms with Crippen LogP contribution >= 0.6 is 0 Å². The smallest absolute Gasteiger partial charge is 0.421 e. The van der Waals surface area contributed by atoms with Gasteiger partial charge in [0.05, 0.1) is 18.2 Å². The average molecular weight is 587 g/mol. The Morgan fingerprint density at radius 3 is 2.27 bits per heavy atom. The third-order valence-corrected chi connectivity index (χ3v) is 5.60. The van der Waals surface area contributed by atoms with Crippen LogP contribution in [0.25, 0.3) is 6.08 Å². The van der Waals surface area contributed by atoms with Crippen molar-refractivity contribution in [3.8, 4) is 11.5 Å². The van der Waals surface area contributed by atoms with Crippen LogP contribution in [0.1, 0.15) is 41.5 Å². The number of methoxy groups -OCH3 is 1. The van der Waals surface area contributed by atoms with Crippen LogP contribution < -0.4 is 15.0 Å². The van der Waals surface area contributed by atoms with Crippen LogP contribution in [0.3, 0.4) is 0 Å². The van der Waals surface area contributed by atoms with E-state index in [4.69, 9.17) is 19.0 Å². The molecule has 1 saturated heterocycles. The molecule has 1 amide bonds. The molecule has 1 aliphatic rings. The fourth-order valence-electron chi connectivity index (χ4n) is 3.61. The van der Waals surface area contributed by atoms with Crippen LogP contribution in [0.15, 0.2) is 42.0 Å². The number of amides is 1. The minimum Gasteiger partial charge on any atom is -0.493 e. The minimum atomic E-state index is -5.12. The molecular formula is C25H22F9NO5. The summed E-state index contributed by atoms with van der Waals surface area (Å²) in [5, 5.41) is 0. The molecule has 3 rings (SSSR count). The summed E-state index contributed by atoms with van der Waals surface area (Å²) in [7, 11) is 1.10. The van der Waals surface area contributed by atoms with E-state index in [1.54, 1.807) is 5.48 Å². The van der Waals surface area contributed by atoms with E-state index in [0.29, 0.717) is 37.7 Å². The lowest BCUT2D eigenvalue weighted by molar-refractivity contribution is -0.201. The summed E-state index contributed by atoms with van der Waals surface area (Å²) in [5.74, 6) is -2.03. The fourth-order valence-corrected chi connectivity index (χ4v) is 3.61. The van der Waals surface area contributed by atoms with Crippen molar-refractivity contribution in [3.05, 3.63) is 64.2 Å². The molecule has 1 aliphatic heterocycles. The Morgan fingerprint density at radius 2 is 1.70 bits per heavy atom. The zero-order valence-electron chi connectivity index (χ0n) is 20.6. The number of benzene rings is 2. The van der Waals surface area contributed by atoms with Gasteiger partial charge in [-0.25, -0.2) is 10.3 Å². The third kappa shape index (κ3) is 8.27. The molecule has 2 aromatic rings. The largest absolute Gasteiger partial charge is 0.493 e. The first-order valence-corrected chi connectivity index (χ1v) is 11.5. The lowest BCUT2D eigenvalue weighted by atomic mass is 10.0. The summed E-state index contributed by atoms with van der Waals surface area (Å²) in [6, 6.07) is 4.20. The zero-order valence-corrected chi connectivity index (χ0v) is 20.6. The highest BCUT2D eigenvalue weighted by atomic mass is 19.4. The predicted octanol–water partition coefficient (Wildman–Crippen LogP) is 6.83. The second kappa shape index (κ2) is 12.4. The van der Waals surface area contributed by atoms with Gasteiger partial charge in [-0.1, -0.05) is 12.1 Å². The molecule has 1 N–H and O–H groups in total. The lowest BCUT2D eigenvalue weighted by Gasteiger charge is -2.22. The number of rotatable bonds is 8. The van der Waals surface area contributed by atoms with Crippen molar-refractivity contribution in [1.29, 1.82) is 0 Å². The molecule has 0 aliphatic carbocycles. The van der Waals surface area contributed by atoms with E-state index in [-0.39, 0.29) is 23.1 Å². The topological polar surface area (TPSA) is 66.0 Å². The van der Waals surface area contributed by atoms with Crippen LogP contribution in [0.5, 0.6) is 11.5 Å². The van der Waals surface area contributed by atoms with Gasteiger partial charge in [-0.2, -0.15) is 39.5 Å². The van der Waals surface area contributed by atoms with Gasteiger partial charge < -0.3 is 14.2 Å². The van der Waals surface area contributed by atoms with E-state index < -0.39 is 59.6 Å². The Morgan fingerprint density at radius 1 is 0.975 bits per heavy atom. The highest BCUT2D eigenvalue weighted by Gasteiger charge is 2.40. The number of ether oxygens (including phenoxy) is 3. The summed E-state index contributed by atoms with van der Waals surface area (Å²) >= 11 is 0. The first-order chi connectivity index (χ1) is 18.6. The van der Waals surface area contributed by atoms with Gasteiger partial charge in [-0.15, -0.1) is 0 Å². The summed E-state index contributed by atoms with van der Waals surface area (Å²) in [6.07, 6.45) is -13.8. The number of carbonyl (C=O) groups is 1. The SMILES string of the molecule is COc1cc(/C=C(/C(=O)NOC2CCCCO2)C(F)(F)F)ccc1OCc1ccc(C(F)(F)F)cc1C(F)(F)F. The van der Waals surface area contributed by atoms with Crippen LogP contribution in [-0.2, 0) is 33.3 Å². The van der Waals surface area contributed by atoms with E-state index in [2.05, 4.69) is 0 Å². The molecule has 0 bridgehead atoms. The monoisotopic (exact) mass is 587 g/mol. The van der Waals surface area contributed by atoms with Gasteiger partial charge in [0.15, 0.2) is 17.8 Å². The van der Waals surface area contributed by atoms with Crippen molar-refractivity contribution in [1.82, 2.24) is 5.48 Å². The van der Waals surface area contributed by atoms with E-state index in [1.807, 2.05) is 0 Å². The molecule has 40 heavy (non-hydrogen) atoms. The molecule has 2 aromatic carbocycles. The van der Waals surface area contributed by atoms with Gasteiger partial charge in [-0.05, 0) is 48.7 Å². The second-order valence-electron chi connectivity index (χ2n) is 8.47. The maximum Gasteiger partial charge on any atom is 0.421 e. The number of carbonyl (C=O) groups excluding carboxylic acids is 1. The molecule has 6 nitrogen and oxygen atoms in total. The van der Waals surface area contributed by atoms with Crippen molar-refractivity contribution >= 4 is 12.0 Å². The number of alkyl halides is 9. The Kier molecular flexibility index (Phi) is 9.61. The van der Waals surface area contributed by atoms with Crippen molar-refractivity contribution in [3.63, 3.8) is 0 Å². The Bertz CT molecular complexity index is 1220. The molecule has 0 radical (unpaired) electrons. The summed E-state index contributed by atoms with van der Waals surface area (Å²) < 4.78 is 135. The van der Waals surface area contributed by atoms with E-state index in [9.17, 15) is 44.3 Å². The number of hydrogen-bond acceptors (Lipinski definition) is 5. The fraction of sp³-hybridized carbons (Fsp3) is 0.400. The third-order valence-electron chi connectivity index (χ3n) is 5.60. The van der Waals surface area contributed by atoms with Crippen molar-refractivity contribution in [2.45, 2.75) is 50.7 Å². The molecule has 1 unspecified atom stereocenters. The Balaban J connectivity index is 1.81. The molecule has 1 fully saturated rings. The molecule has 0 aromatic heterocycles. The number of hydrogen-bond donors (Lipinski definition) is 1. The van der Waals surface area contributed by atoms with Crippen molar-refractivity contribution in [2.24, 2.45) is 0 Å². The van der Waals surface area contributed by atoms with E-state index >= 15 is 0 Å². The highest BCUT2D eigenvalue weighted by molar-refractivity contribution is 5.98. The van der Waals surface area contributed by atoms with E-state index in [0.717, 1.165) is 31.7 Å². The highest BCUT2D eigenvalue weighted by Crippen LogP contribution is 2.38. The average Bonchev–Trinajstić information content (AvgIpc) is 2.88. The first kappa shape index (κ1) is 31.1. The van der Waals surface area contributed by atoms with Crippen LogP contribution in [0, 0.1) is 0 Å². The summed E-state index contributed by atoms with van der Waals surface area (Å²) in [6.45, 7) is -0.511. The van der Waals surface area contributed by atoms with Crippen molar-refractivity contribution in [2.75, 3.05) is 13.7 Å². The second-order valence-corrected chi connectivity index (χ2v) is 8.47. The zero-order chi connectivity index (χ0) is 29.7. The molecule has 220 valence electrons. The predicted molar refractivity (Wildman–Crippen MR) is 121 cm³/mol. The quantitative estimate of drug-likeness (QED) is 0.208. The van der Waals surface area contributed by atoms with Gasteiger partial charge >= 0.3 is 18.5 Å².